The fraction of sp³-hybridized carbons (Fsp3) is 0.444. The lowest BCUT2D eigenvalue weighted by atomic mass is 10.3. The number of methoxy groups -OCH3 is 1. The van der Waals surface area contributed by atoms with E-state index in [-0.39, 0.29) is 18.4 Å². The number of ether oxygens (including phenoxy) is 1. The van der Waals surface area contributed by atoms with Gasteiger partial charge in [0.25, 0.3) is 0 Å². The molecule has 0 saturated carbocycles. The second-order valence-electron chi connectivity index (χ2n) is 2.12. The Kier molecular flexibility index (Phi) is 13.2. The van der Waals surface area contributed by atoms with Gasteiger partial charge in [0.2, 0.25) is 0 Å². The predicted molar refractivity (Wildman–Crippen MR) is 58.5 cm³/mol. The molecule has 76 valence electrons. The minimum atomic E-state index is -0.123. The van der Waals surface area contributed by atoms with Gasteiger partial charge in [-0.1, -0.05) is 19.1 Å². The molecule has 0 fully saturated rings. The van der Waals surface area contributed by atoms with E-state index in [2.05, 4.69) is 4.74 Å². The van der Waals surface area contributed by atoms with Gasteiger partial charge in [-0.05, 0) is 17.2 Å². The van der Waals surface area contributed by atoms with E-state index in [9.17, 15) is 4.79 Å². The summed E-state index contributed by atoms with van der Waals surface area (Å²) in [6.45, 7) is 1.94. The van der Waals surface area contributed by atoms with Gasteiger partial charge in [-0.3, -0.25) is 4.79 Å². The first-order chi connectivity index (χ1) is 5.81. The lowest BCUT2D eigenvalue weighted by Gasteiger charge is -1.91. The fourth-order valence-electron chi connectivity index (χ4n) is 0.533. The van der Waals surface area contributed by atoms with Crippen molar-refractivity contribution in [2.75, 3.05) is 7.11 Å². The molecule has 0 aliphatic heterocycles. The maximum absolute atomic E-state index is 10.2. The first-order valence-corrected chi connectivity index (χ1v) is 4.79. The van der Waals surface area contributed by atoms with Crippen molar-refractivity contribution < 1.29 is 9.53 Å². The quantitative estimate of drug-likeness (QED) is 0.719. The third kappa shape index (κ3) is 11.5. The largest absolute Gasteiger partial charge is 0.469 e. The summed E-state index contributed by atoms with van der Waals surface area (Å²) < 4.78 is 4.35. The highest BCUT2D eigenvalue weighted by molar-refractivity contribution is 7.07. The number of hydrogen-bond acceptors (Lipinski definition) is 3. The Bertz CT molecular complexity index is 170. The summed E-state index contributed by atoms with van der Waals surface area (Å²) in [7, 11) is 1.40. The van der Waals surface area contributed by atoms with Crippen LogP contribution in [0.2, 0.25) is 0 Å². The van der Waals surface area contributed by atoms with Gasteiger partial charge in [0.1, 0.15) is 0 Å². The first-order valence-electron chi connectivity index (χ1n) is 3.85. The monoisotopic (exact) mass is 222 g/mol. The maximum atomic E-state index is 10.2. The van der Waals surface area contributed by atoms with Crippen LogP contribution in [-0.4, -0.2) is 13.1 Å². The summed E-state index contributed by atoms with van der Waals surface area (Å²) in [5, 5.41) is 4.08. The molecule has 0 aromatic carbocycles. The van der Waals surface area contributed by atoms with Gasteiger partial charge in [0.05, 0.1) is 7.11 Å². The summed E-state index contributed by atoms with van der Waals surface area (Å²) in [5.74, 6) is -0.123. The smallest absolute Gasteiger partial charge is 0.305 e. The van der Waals surface area contributed by atoms with Crippen molar-refractivity contribution in [3.05, 3.63) is 22.9 Å². The molecule has 0 bridgehead atoms. The van der Waals surface area contributed by atoms with E-state index in [0.29, 0.717) is 6.42 Å². The van der Waals surface area contributed by atoms with E-state index in [1.807, 2.05) is 29.8 Å². The lowest BCUT2D eigenvalue weighted by molar-refractivity contribution is -0.140. The molecule has 1 aromatic heterocycles. The summed E-state index contributed by atoms with van der Waals surface area (Å²) >= 11 is 1.71. The molecule has 0 aliphatic rings. The molecule has 0 spiro atoms. The number of halogens is 1. The molecule has 0 saturated heterocycles. The van der Waals surface area contributed by atoms with Gasteiger partial charge in [-0.15, -0.1) is 12.4 Å². The van der Waals surface area contributed by atoms with Gasteiger partial charge in [0.15, 0.2) is 0 Å². The number of carbonyl (C=O) groups excluding carboxylic acids is 1. The van der Waals surface area contributed by atoms with Crippen molar-refractivity contribution in [2.24, 2.45) is 0 Å². The van der Waals surface area contributed by atoms with Crippen molar-refractivity contribution in [3.8, 4) is 0 Å². The van der Waals surface area contributed by atoms with Crippen LogP contribution < -0.4 is 0 Å². The van der Waals surface area contributed by atoms with Crippen LogP contribution in [0.4, 0.5) is 0 Å². The molecule has 0 amide bonds. The first kappa shape index (κ1) is 15.0. The Morgan fingerprint density at radius 1 is 1.38 bits per heavy atom. The standard InChI is InChI=1S/C5H10O2.C4H4S.ClH/c1-3-4-5(6)7-2;1-2-4-5-3-1;/h3-4H2,1-2H3;1-4H;1H. The zero-order chi connectivity index (χ0) is 9.23. The van der Waals surface area contributed by atoms with Crippen LogP contribution in [0.1, 0.15) is 19.8 Å². The van der Waals surface area contributed by atoms with Gasteiger partial charge < -0.3 is 4.74 Å². The summed E-state index contributed by atoms with van der Waals surface area (Å²) in [4.78, 5) is 10.2. The van der Waals surface area contributed by atoms with Crippen LogP contribution in [0.5, 0.6) is 0 Å². The second-order valence-corrected chi connectivity index (χ2v) is 2.94. The van der Waals surface area contributed by atoms with Crippen LogP contribution in [-0.2, 0) is 9.53 Å². The zero-order valence-electron chi connectivity index (χ0n) is 7.86. The fourth-order valence-corrected chi connectivity index (χ4v) is 0.987. The molecule has 13 heavy (non-hydrogen) atoms. The molecule has 0 atom stereocenters. The summed E-state index contributed by atoms with van der Waals surface area (Å²) in [6.07, 6.45) is 1.41. The molecule has 1 aromatic rings. The molecule has 0 aliphatic carbocycles. The van der Waals surface area contributed by atoms with Gasteiger partial charge in [-0.2, -0.15) is 11.3 Å². The summed E-state index contributed by atoms with van der Waals surface area (Å²) in [5.41, 5.74) is 0. The highest BCUT2D eigenvalue weighted by Crippen LogP contribution is 1.91. The molecular formula is C9H15ClO2S. The molecule has 1 heterocycles. The molecule has 0 unspecified atom stereocenters. The highest BCUT2D eigenvalue weighted by atomic mass is 35.5. The topological polar surface area (TPSA) is 26.3 Å². The predicted octanol–water partition coefficient (Wildman–Crippen LogP) is 3.13. The van der Waals surface area contributed by atoms with Crippen molar-refractivity contribution in [3.63, 3.8) is 0 Å². The molecule has 0 N–H and O–H groups in total. The normalized spacial score (nSPS) is 7.54. The van der Waals surface area contributed by atoms with Crippen LogP contribution in [0.25, 0.3) is 0 Å². The van der Waals surface area contributed by atoms with Crippen molar-refractivity contribution in [2.45, 2.75) is 19.8 Å². The van der Waals surface area contributed by atoms with Crippen molar-refractivity contribution >= 4 is 29.7 Å². The van der Waals surface area contributed by atoms with Gasteiger partial charge in [-0.25, -0.2) is 0 Å². The molecular weight excluding hydrogens is 208 g/mol. The number of hydrogen-bond donors (Lipinski definition) is 0. The van der Waals surface area contributed by atoms with Gasteiger partial charge in [0, 0.05) is 6.42 Å². The Balaban J connectivity index is 0. The minimum absolute atomic E-state index is 0. The SMILES string of the molecule is CCCC(=O)OC.Cl.c1ccsc1. The van der Waals surface area contributed by atoms with Crippen molar-refractivity contribution in [1.82, 2.24) is 0 Å². The van der Waals surface area contributed by atoms with E-state index in [0.717, 1.165) is 6.42 Å². The van der Waals surface area contributed by atoms with Gasteiger partial charge >= 0.3 is 5.97 Å². The van der Waals surface area contributed by atoms with Crippen LogP contribution in [0.15, 0.2) is 22.9 Å². The number of rotatable bonds is 2. The van der Waals surface area contributed by atoms with Crippen LogP contribution in [0, 0.1) is 0 Å². The Hall–Kier alpha value is -0.540. The Morgan fingerprint density at radius 2 is 1.92 bits per heavy atom. The van der Waals surface area contributed by atoms with E-state index < -0.39 is 0 Å². The second kappa shape index (κ2) is 11.5. The van der Waals surface area contributed by atoms with E-state index in [1.54, 1.807) is 11.3 Å². The minimum Gasteiger partial charge on any atom is -0.469 e. The third-order valence-corrected chi connectivity index (χ3v) is 1.74. The van der Waals surface area contributed by atoms with Crippen molar-refractivity contribution in [1.29, 1.82) is 0 Å². The molecule has 0 radical (unpaired) electrons. The maximum Gasteiger partial charge on any atom is 0.305 e. The highest BCUT2D eigenvalue weighted by Gasteiger charge is 1.92. The third-order valence-electron chi connectivity index (χ3n) is 1.11. The molecule has 2 nitrogen and oxygen atoms in total. The Morgan fingerprint density at radius 3 is 2.08 bits per heavy atom. The van der Waals surface area contributed by atoms with Crippen LogP contribution in [0.3, 0.4) is 0 Å². The van der Waals surface area contributed by atoms with E-state index in [1.165, 1.54) is 7.11 Å². The van der Waals surface area contributed by atoms with E-state index in [4.69, 9.17) is 0 Å². The average molecular weight is 223 g/mol. The molecule has 4 heteroatoms. The van der Waals surface area contributed by atoms with E-state index >= 15 is 0 Å². The number of esters is 1. The number of thiophene rings is 1. The Labute approximate surface area is 89.3 Å². The number of carbonyl (C=O) groups is 1. The average Bonchev–Trinajstić information content (AvgIpc) is 2.62. The van der Waals surface area contributed by atoms with Crippen LogP contribution >= 0.6 is 23.7 Å². The lowest BCUT2D eigenvalue weighted by Crippen LogP contribution is -1.97. The summed E-state index contributed by atoms with van der Waals surface area (Å²) in [6, 6.07) is 4.04. The zero-order valence-corrected chi connectivity index (χ0v) is 9.49. The molecule has 1 rings (SSSR count).